The molecule has 0 saturated heterocycles. The number of aromatic nitrogens is 3. The van der Waals surface area contributed by atoms with Gasteiger partial charge in [0.15, 0.2) is 0 Å². The lowest BCUT2D eigenvalue weighted by atomic mass is 10.0. The molecule has 7 heteroatoms. The van der Waals surface area contributed by atoms with Crippen molar-refractivity contribution in [1.82, 2.24) is 15.4 Å². The second-order valence-corrected chi connectivity index (χ2v) is 4.81. The third-order valence-electron chi connectivity index (χ3n) is 3.28. The van der Waals surface area contributed by atoms with Crippen LogP contribution in [0, 0.1) is 6.92 Å². The van der Waals surface area contributed by atoms with Crippen LogP contribution in [0.5, 0.6) is 0 Å². The molecule has 7 nitrogen and oxygen atoms in total. The first-order valence-corrected chi connectivity index (χ1v) is 6.98. The third kappa shape index (κ3) is 4.04. The zero-order valence-corrected chi connectivity index (χ0v) is 12.8. The summed E-state index contributed by atoms with van der Waals surface area (Å²) in [7, 11) is 0. The van der Waals surface area contributed by atoms with E-state index in [1.54, 1.807) is 6.20 Å². The van der Waals surface area contributed by atoms with E-state index < -0.39 is 11.9 Å². The maximum absolute atomic E-state index is 10.6. The van der Waals surface area contributed by atoms with Crippen molar-refractivity contribution in [3.8, 4) is 11.3 Å². The number of carboxylic acids is 2. The Kier molecular flexibility index (Phi) is 5.40. The van der Waals surface area contributed by atoms with Crippen molar-refractivity contribution >= 4 is 11.9 Å². The number of carbonyl (C=O) groups is 2. The van der Waals surface area contributed by atoms with Crippen molar-refractivity contribution in [2.45, 2.75) is 6.92 Å². The van der Waals surface area contributed by atoms with Crippen LogP contribution in [0.4, 0.5) is 0 Å². The fourth-order valence-electron chi connectivity index (χ4n) is 2.05. The molecule has 1 aromatic heterocycles. The van der Waals surface area contributed by atoms with Crippen molar-refractivity contribution in [2.75, 3.05) is 0 Å². The summed E-state index contributed by atoms with van der Waals surface area (Å²) in [5, 5.41) is 27.6. The summed E-state index contributed by atoms with van der Waals surface area (Å²) in [6, 6.07) is 14.1. The molecule has 3 rings (SSSR count). The van der Waals surface area contributed by atoms with Crippen LogP contribution in [0.15, 0.2) is 54.7 Å². The molecule has 0 atom stereocenters. The molecular formula is C17H15N3O4. The SMILES string of the molecule is Cc1c(C(=O)O)cccc1C(=O)O.c1ccc(-c2cn[nH]n2)cc1. The van der Waals surface area contributed by atoms with E-state index in [4.69, 9.17) is 10.2 Å². The second kappa shape index (κ2) is 7.68. The molecule has 122 valence electrons. The zero-order chi connectivity index (χ0) is 17.5. The normalized spacial score (nSPS) is 9.71. The Morgan fingerprint density at radius 3 is 1.96 bits per heavy atom. The van der Waals surface area contributed by atoms with Gasteiger partial charge in [0.05, 0.1) is 17.3 Å². The Balaban J connectivity index is 0.000000175. The Morgan fingerprint density at radius 1 is 0.917 bits per heavy atom. The van der Waals surface area contributed by atoms with E-state index in [0.717, 1.165) is 11.3 Å². The number of benzene rings is 2. The average Bonchev–Trinajstić information content (AvgIpc) is 3.10. The zero-order valence-electron chi connectivity index (χ0n) is 12.8. The molecule has 3 aromatic rings. The maximum Gasteiger partial charge on any atom is 0.335 e. The van der Waals surface area contributed by atoms with E-state index in [0.29, 0.717) is 0 Å². The molecule has 0 aliphatic rings. The highest BCUT2D eigenvalue weighted by atomic mass is 16.4. The summed E-state index contributed by atoms with van der Waals surface area (Å²) in [5.41, 5.74) is 2.30. The van der Waals surface area contributed by atoms with Crippen LogP contribution in [0.2, 0.25) is 0 Å². The maximum atomic E-state index is 10.6. The van der Waals surface area contributed by atoms with Crippen LogP contribution in [-0.4, -0.2) is 37.6 Å². The van der Waals surface area contributed by atoms with Gasteiger partial charge < -0.3 is 10.2 Å². The van der Waals surface area contributed by atoms with Crippen molar-refractivity contribution in [1.29, 1.82) is 0 Å². The van der Waals surface area contributed by atoms with Crippen molar-refractivity contribution < 1.29 is 19.8 Å². The molecular weight excluding hydrogens is 310 g/mol. The molecule has 0 saturated carbocycles. The minimum absolute atomic E-state index is 0.0277. The van der Waals surface area contributed by atoms with Gasteiger partial charge in [0.25, 0.3) is 0 Å². The number of H-pyrrole nitrogens is 1. The van der Waals surface area contributed by atoms with E-state index in [1.807, 2.05) is 30.3 Å². The van der Waals surface area contributed by atoms with E-state index in [2.05, 4.69) is 15.4 Å². The first-order chi connectivity index (χ1) is 11.5. The number of aromatic carboxylic acids is 2. The minimum Gasteiger partial charge on any atom is -0.478 e. The Morgan fingerprint density at radius 2 is 1.50 bits per heavy atom. The van der Waals surface area contributed by atoms with E-state index in [9.17, 15) is 9.59 Å². The molecule has 0 spiro atoms. The van der Waals surface area contributed by atoms with Crippen LogP contribution >= 0.6 is 0 Å². The van der Waals surface area contributed by atoms with Crippen LogP contribution in [-0.2, 0) is 0 Å². The van der Waals surface area contributed by atoms with Gasteiger partial charge in [-0.3, -0.25) is 0 Å². The lowest BCUT2D eigenvalue weighted by Gasteiger charge is -2.03. The lowest BCUT2D eigenvalue weighted by molar-refractivity contribution is 0.0696. The highest BCUT2D eigenvalue weighted by Crippen LogP contribution is 2.14. The van der Waals surface area contributed by atoms with E-state index in [1.165, 1.54) is 25.1 Å². The predicted molar refractivity (Wildman–Crippen MR) is 86.9 cm³/mol. The highest BCUT2D eigenvalue weighted by molar-refractivity contribution is 5.96. The highest BCUT2D eigenvalue weighted by Gasteiger charge is 2.13. The number of nitrogens with zero attached hydrogens (tertiary/aromatic N) is 2. The smallest absolute Gasteiger partial charge is 0.335 e. The van der Waals surface area contributed by atoms with Gasteiger partial charge >= 0.3 is 11.9 Å². The number of carboxylic acid groups (broad SMARTS) is 2. The molecule has 0 radical (unpaired) electrons. The lowest BCUT2D eigenvalue weighted by Crippen LogP contribution is -2.06. The van der Waals surface area contributed by atoms with Crippen LogP contribution in [0.25, 0.3) is 11.3 Å². The first-order valence-electron chi connectivity index (χ1n) is 6.98. The van der Waals surface area contributed by atoms with Gasteiger partial charge in [-0.15, -0.1) is 0 Å². The molecule has 0 amide bonds. The molecule has 2 aromatic carbocycles. The van der Waals surface area contributed by atoms with Gasteiger partial charge in [0.1, 0.15) is 5.69 Å². The summed E-state index contributed by atoms with van der Waals surface area (Å²) >= 11 is 0. The van der Waals surface area contributed by atoms with Crippen molar-refractivity contribution in [2.24, 2.45) is 0 Å². The summed E-state index contributed by atoms with van der Waals surface area (Å²) in [6.07, 6.45) is 1.70. The van der Waals surface area contributed by atoms with E-state index in [-0.39, 0.29) is 16.7 Å². The van der Waals surface area contributed by atoms with Gasteiger partial charge in [0.2, 0.25) is 0 Å². The predicted octanol–water partition coefficient (Wildman–Crippen LogP) is 2.86. The number of rotatable bonds is 3. The number of hydrogen-bond donors (Lipinski definition) is 3. The topological polar surface area (TPSA) is 116 Å². The summed E-state index contributed by atoms with van der Waals surface area (Å²) in [4.78, 5) is 21.2. The van der Waals surface area contributed by atoms with Crippen molar-refractivity contribution in [3.63, 3.8) is 0 Å². The first kappa shape index (κ1) is 16.9. The molecule has 0 bridgehead atoms. The minimum atomic E-state index is -1.11. The molecule has 0 fully saturated rings. The summed E-state index contributed by atoms with van der Waals surface area (Å²) < 4.78 is 0. The number of hydrogen-bond acceptors (Lipinski definition) is 4. The second-order valence-electron chi connectivity index (χ2n) is 4.81. The van der Waals surface area contributed by atoms with Gasteiger partial charge in [-0.05, 0) is 24.6 Å². The molecule has 24 heavy (non-hydrogen) atoms. The van der Waals surface area contributed by atoms with Gasteiger partial charge in [-0.2, -0.15) is 15.4 Å². The van der Waals surface area contributed by atoms with Gasteiger partial charge in [-0.25, -0.2) is 9.59 Å². The molecule has 1 heterocycles. The average molecular weight is 325 g/mol. The van der Waals surface area contributed by atoms with Gasteiger partial charge in [0, 0.05) is 5.56 Å². The molecule has 0 unspecified atom stereocenters. The largest absolute Gasteiger partial charge is 0.478 e. The van der Waals surface area contributed by atoms with Crippen LogP contribution in [0.1, 0.15) is 26.3 Å². The van der Waals surface area contributed by atoms with Crippen LogP contribution in [0.3, 0.4) is 0 Å². The Labute approximate surface area is 137 Å². The Hall–Kier alpha value is -3.48. The standard InChI is InChI=1S/C9H8O4.C8H7N3/c1-5-6(8(10)11)3-2-4-7(5)9(12)13;1-2-4-7(5-3-1)8-6-9-11-10-8/h2-4H,1H3,(H,10,11)(H,12,13);1-6H,(H,9,10,11). The number of nitrogens with one attached hydrogen (secondary N) is 1. The quantitative estimate of drug-likeness (QED) is 0.682. The molecule has 3 N–H and O–H groups in total. The molecule has 0 aliphatic carbocycles. The number of aromatic amines is 1. The third-order valence-corrected chi connectivity index (χ3v) is 3.28. The van der Waals surface area contributed by atoms with E-state index >= 15 is 0 Å². The summed E-state index contributed by atoms with van der Waals surface area (Å²) in [5.74, 6) is -2.22. The molecule has 0 aliphatic heterocycles. The Bertz CT molecular complexity index is 798. The van der Waals surface area contributed by atoms with Gasteiger partial charge in [-0.1, -0.05) is 36.4 Å². The van der Waals surface area contributed by atoms with Crippen LogP contribution < -0.4 is 0 Å². The monoisotopic (exact) mass is 325 g/mol. The fraction of sp³-hybridized carbons (Fsp3) is 0.0588. The fourth-order valence-corrected chi connectivity index (χ4v) is 2.05. The van der Waals surface area contributed by atoms with Crippen molar-refractivity contribution in [3.05, 3.63) is 71.4 Å². The summed E-state index contributed by atoms with van der Waals surface area (Å²) in [6.45, 7) is 1.48.